The monoisotopic (exact) mass is 214 g/mol. The maximum absolute atomic E-state index is 5.86. The molecule has 2 rings (SSSR count). The van der Waals surface area contributed by atoms with Crippen molar-refractivity contribution in [1.82, 2.24) is 15.0 Å². The number of pyridine rings is 1. The Morgan fingerprint density at radius 1 is 1.00 bits per heavy atom. The number of nitrogens with two attached hydrogens (primary N) is 1. The van der Waals surface area contributed by atoms with Crippen molar-refractivity contribution in [3.63, 3.8) is 0 Å². The van der Waals surface area contributed by atoms with Gasteiger partial charge in [0.2, 0.25) is 0 Å². The van der Waals surface area contributed by atoms with E-state index in [1.165, 1.54) is 0 Å². The standard InChI is InChI=1S/C12H14N4/c1-7-4-5-10(6-14-7)11-12(13)16-9(3)8(2)15-11/h4-6H,1-3H3,(H2,13,16). The van der Waals surface area contributed by atoms with Gasteiger partial charge in [0.05, 0.1) is 11.4 Å². The lowest BCUT2D eigenvalue weighted by Crippen LogP contribution is -2.02. The highest BCUT2D eigenvalue weighted by atomic mass is 14.9. The first-order chi connectivity index (χ1) is 7.58. The van der Waals surface area contributed by atoms with E-state index in [1.54, 1.807) is 6.20 Å². The molecule has 0 atom stereocenters. The molecule has 0 fully saturated rings. The van der Waals surface area contributed by atoms with Gasteiger partial charge < -0.3 is 5.73 Å². The molecule has 0 aliphatic heterocycles. The summed E-state index contributed by atoms with van der Waals surface area (Å²) in [4.78, 5) is 12.9. The number of nitrogen functional groups attached to an aromatic ring is 1. The number of aromatic nitrogens is 3. The number of hydrogen-bond acceptors (Lipinski definition) is 4. The van der Waals surface area contributed by atoms with Crippen molar-refractivity contribution in [2.45, 2.75) is 20.8 Å². The molecule has 2 aromatic heterocycles. The lowest BCUT2D eigenvalue weighted by Gasteiger charge is -2.07. The van der Waals surface area contributed by atoms with Crippen molar-refractivity contribution in [2.75, 3.05) is 5.73 Å². The first-order valence-corrected chi connectivity index (χ1v) is 5.11. The summed E-state index contributed by atoms with van der Waals surface area (Å²) in [6.45, 7) is 5.77. The second kappa shape index (κ2) is 3.89. The van der Waals surface area contributed by atoms with Gasteiger partial charge in [-0.15, -0.1) is 0 Å². The smallest absolute Gasteiger partial charge is 0.150 e. The van der Waals surface area contributed by atoms with Crippen molar-refractivity contribution in [3.8, 4) is 11.3 Å². The van der Waals surface area contributed by atoms with Crippen molar-refractivity contribution < 1.29 is 0 Å². The summed E-state index contributed by atoms with van der Waals surface area (Å²) in [7, 11) is 0. The van der Waals surface area contributed by atoms with Crippen molar-refractivity contribution in [2.24, 2.45) is 0 Å². The molecule has 4 nitrogen and oxygen atoms in total. The summed E-state index contributed by atoms with van der Waals surface area (Å²) in [6, 6.07) is 3.89. The summed E-state index contributed by atoms with van der Waals surface area (Å²) >= 11 is 0. The van der Waals surface area contributed by atoms with Crippen LogP contribution >= 0.6 is 0 Å². The van der Waals surface area contributed by atoms with Crippen LogP contribution in [0, 0.1) is 20.8 Å². The second-order valence-corrected chi connectivity index (χ2v) is 3.82. The summed E-state index contributed by atoms with van der Waals surface area (Å²) < 4.78 is 0. The summed E-state index contributed by atoms with van der Waals surface area (Å²) in [5, 5.41) is 0. The molecule has 0 unspecified atom stereocenters. The summed E-state index contributed by atoms with van der Waals surface area (Å²) in [5.74, 6) is 0.453. The number of aryl methyl sites for hydroxylation is 3. The lowest BCUT2D eigenvalue weighted by molar-refractivity contribution is 1.06. The quantitative estimate of drug-likeness (QED) is 0.789. The zero-order chi connectivity index (χ0) is 11.7. The van der Waals surface area contributed by atoms with E-state index >= 15 is 0 Å². The van der Waals surface area contributed by atoms with Crippen LogP contribution in [0.15, 0.2) is 18.3 Å². The predicted molar refractivity (Wildman–Crippen MR) is 63.9 cm³/mol. The average Bonchev–Trinajstić information content (AvgIpc) is 2.25. The Morgan fingerprint density at radius 3 is 2.31 bits per heavy atom. The fraction of sp³-hybridized carbons (Fsp3) is 0.250. The van der Waals surface area contributed by atoms with Crippen LogP contribution in [-0.4, -0.2) is 15.0 Å². The van der Waals surface area contributed by atoms with Gasteiger partial charge in [-0.3, -0.25) is 4.98 Å². The molecule has 16 heavy (non-hydrogen) atoms. The Hall–Kier alpha value is -1.97. The van der Waals surface area contributed by atoms with Crippen molar-refractivity contribution in [3.05, 3.63) is 35.4 Å². The van der Waals surface area contributed by atoms with Gasteiger partial charge in [-0.2, -0.15) is 0 Å². The highest BCUT2D eigenvalue weighted by molar-refractivity contribution is 5.69. The van der Waals surface area contributed by atoms with Gasteiger partial charge in [-0.25, -0.2) is 9.97 Å². The molecular formula is C12H14N4. The highest BCUT2D eigenvalue weighted by Gasteiger charge is 2.08. The van der Waals surface area contributed by atoms with E-state index in [4.69, 9.17) is 5.73 Å². The molecule has 4 heteroatoms. The van der Waals surface area contributed by atoms with Crippen LogP contribution in [-0.2, 0) is 0 Å². The average molecular weight is 214 g/mol. The van der Waals surface area contributed by atoms with Gasteiger partial charge in [-0.1, -0.05) is 0 Å². The van der Waals surface area contributed by atoms with Gasteiger partial charge in [0.1, 0.15) is 11.5 Å². The maximum Gasteiger partial charge on any atom is 0.150 e. The van der Waals surface area contributed by atoms with Gasteiger partial charge in [0, 0.05) is 17.5 Å². The molecule has 0 aliphatic carbocycles. The first kappa shape index (κ1) is 10.5. The van der Waals surface area contributed by atoms with E-state index in [-0.39, 0.29) is 0 Å². The zero-order valence-corrected chi connectivity index (χ0v) is 9.65. The van der Waals surface area contributed by atoms with E-state index in [1.807, 2.05) is 32.9 Å². The van der Waals surface area contributed by atoms with Crippen LogP contribution in [0.25, 0.3) is 11.3 Å². The number of rotatable bonds is 1. The van der Waals surface area contributed by atoms with E-state index in [2.05, 4.69) is 15.0 Å². The predicted octanol–water partition coefficient (Wildman–Crippen LogP) is 2.05. The van der Waals surface area contributed by atoms with Gasteiger partial charge >= 0.3 is 0 Å². The van der Waals surface area contributed by atoms with E-state index in [0.29, 0.717) is 11.5 Å². The molecule has 0 amide bonds. The van der Waals surface area contributed by atoms with Crippen molar-refractivity contribution >= 4 is 5.82 Å². The Balaban J connectivity index is 2.56. The van der Waals surface area contributed by atoms with Gasteiger partial charge in [-0.05, 0) is 32.9 Å². The van der Waals surface area contributed by atoms with Crippen LogP contribution in [0.4, 0.5) is 5.82 Å². The normalized spacial score (nSPS) is 10.4. The first-order valence-electron chi connectivity index (χ1n) is 5.11. The topological polar surface area (TPSA) is 64.7 Å². The SMILES string of the molecule is Cc1ccc(-c2nc(C)c(C)nc2N)cn1. The molecule has 82 valence electrons. The third-order valence-corrected chi connectivity index (χ3v) is 2.52. The third kappa shape index (κ3) is 1.86. The summed E-state index contributed by atoms with van der Waals surface area (Å²) in [6.07, 6.45) is 1.77. The Labute approximate surface area is 94.6 Å². The number of anilines is 1. The van der Waals surface area contributed by atoms with E-state index in [0.717, 1.165) is 22.6 Å². The third-order valence-electron chi connectivity index (χ3n) is 2.52. The van der Waals surface area contributed by atoms with Crippen LogP contribution in [0.5, 0.6) is 0 Å². The minimum absolute atomic E-state index is 0.453. The van der Waals surface area contributed by atoms with Gasteiger partial charge in [0.25, 0.3) is 0 Å². The van der Waals surface area contributed by atoms with Gasteiger partial charge in [0.15, 0.2) is 0 Å². The molecule has 2 aromatic rings. The minimum atomic E-state index is 0.453. The highest BCUT2D eigenvalue weighted by Crippen LogP contribution is 2.22. The molecule has 0 aromatic carbocycles. The second-order valence-electron chi connectivity index (χ2n) is 3.82. The molecule has 2 heterocycles. The molecule has 0 radical (unpaired) electrons. The number of nitrogens with zero attached hydrogens (tertiary/aromatic N) is 3. The van der Waals surface area contributed by atoms with Crippen LogP contribution < -0.4 is 5.73 Å². The fourth-order valence-electron chi connectivity index (χ4n) is 1.44. The molecule has 0 spiro atoms. The fourth-order valence-corrected chi connectivity index (χ4v) is 1.44. The Kier molecular flexibility index (Phi) is 2.56. The van der Waals surface area contributed by atoms with Crippen LogP contribution in [0.1, 0.15) is 17.1 Å². The number of hydrogen-bond donors (Lipinski definition) is 1. The Morgan fingerprint density at radius 2 is 1.69 bits per heavy atom. The largest absolute Gasteiger partial charge is 0.382 e. The molecule has 0 saturated carbocycles. The summed E-state index contributed by atoms with van der Waals surface area (Å²) in [5.41, 5.74) is 10.2. The Bertz CT molecular complexity index is 517. The molecule has 0 bridgehead atoms. The van der Waals surface area contributed by atoms with Crippen molar-refractivity contribution in [1.29, 1.82) is 0 Å². The van der Waals surface area contributed by atoms with E-state index in [9.17, 15) is 0 Å². The van der Waals surface area contributed by atoms with Crippen LogP contribution in [0.3, 0.4) is 0 Å². The van der Waals surface area contributed by atoms with Crippen LogP contribution in [0.2, 0.25) is 0 Å². The minimum Gasteiger partial charge on any atom is -0.382 e. The molecular weight excluding hydrogens is 200 g/mol. The molecule has 0 saturated heterocycles. The van der Waals surface area contributed by atoms with E-state index < -0.39 is 0 Å². The lowest BCUT2D eigenvalue weighted by atomic mass is 10.2. The molecule has 0 aliphatic rings. The zero-order valence-electron chi connectivity index (χ0n) is 9.65. The molecule has 2 N–H and O–H groups in total. The maximum atomic E-state index is 5.86.